The quantitative estimate of drug-likeness (QED) is 0.467. The zero-order chi connectivity index (χ0) is 18.8. The van der Waals surface area contributed by atoms with Crippen molar-refractivity contribution in [3.05, 3.63) is 71.5 Å². The number of thiophene rings is 1. The Hall–Kier alpha value is -2.13. The van der Waals surface area contributed by atoms with Crippen LogP contribution in [-0.2, 0) is 0 Å². The summed E-state index contributed by atoms with van der Waals surface area (Å²) in [6.07, 6.45) is 12.3. The molecule has 5 rings (SSSR count). The van der Waals surface area contributed by atoms with Gasteiger partial charge in [-0.15, -0.1) is 11.3 Å². The number of pyridine rings is 1. The molecule has 0 amide bonds. The molecule has 1 aromatic carbocycles. The molecule has 1 atom stereocenters. The van der Waals surface area contributed by atoms with Crippen molar-refractivity contribution in [2.75, 3.05) is 13.1 Å². The molecule has 0 radical (unpaired) electrons. The fourth-order valence-corrected chi connectivity index (χ4v) is 6.07. The number of hydrogen-bond acceptors (Lipinski definition) is 3. The Morgan fingerprint density at radius 2 is 2.00 bits per heavy atom. The monoisotopic (exact) mass is 388 g/mol. The highest BCUT2D eigenvalue weighted by atomic mass is 32.1. The Labute approximate surface area is 171 Å². The third-order valence-corrected chi connectivity index (χ3v) is 7.56. The maximum absolute atomic E-state index is 4.73. The molecule has 28 heavy (non-hydrogen) atoms. The van der Waals surface area contributed by atoms with Gasteiger partial charge in [0, 0.05) is 41.8 Å². The van der Waals surface area contributed by atoms with Gasteiger partial charge in [0.2, 0.25) is 0 Å². The molecule has 0 saturated heterocycles. The van der Waals surface area contributed by atoms with E-state index in [2.05, 4.69) is 52.9 Å². The molecule has 1 saturated carbocycles. The van der Waals surface area contributed by atoms with E-state index in [9.17, 15) is 0 Å². The molecule has 0 bridgehead atoms. The molecule has 2 nitrogen and oxygen atoms in total. The molecule has 3 heterocycles. The van der Waals surface area contributed by atoms with Crippen molar-refractivity contribution in [2.24, 2.45) is 5.92 Å². The lowest BCUT2D eigenvalue weighted by Crippen LogP contribution is -2.21. The minimum Gasteiger partial charge on any atom is -0.377 e. The normalized spacial score (nSPS) is 18.7. The van der Waals surface area contributed by atoms with Crippen molar-refractivity contribution in [2.45, 2.75) is 44.4 Å². The summed E-state index contributed by atoms with van der Waals surface area (Å²) in [5.41, 5.74) is 4.25. The predicted molar refractivity (Wildman–Crippen MR) is 120 cm³/mol. The molecule has 1 fully saturated rings. The minimum atomic E-state index is 0.613. The van der Waals surface area contributed by atoms with E-state index in [1.807, 2.05) is 23.6 Å². The van der Waals surface area contributed by atoms with E-state index in [4.69, 9.17) is 4.98 Å². The van der Waals surface area contributed by atoms with Gasteiger partial charge in [-0.25, -0.2) is 0 Å². The fourth-order valence-electron chi connectivity index (χ4n) is 5.13. The molecule has 1 aliphatic heterocycles. The van der Waals surface area contributed by atoms with Crippen LogP contribution in [0.3, 0.4) is 0 Å². The van der Waals surface area contributed by atoms with Gasteiger partial charge in [-0.2, -0.15) is 0 Å². The molecule has 1 aliphatic carbocycles. The summed E-state index contributed by atoms with van der Waals surface area (Å²) in [5.74, 6) is 1.43. The first-order valence-electron chi connectivity index (χ1n) is 10.7. The molecule has 1 unspecified atom stereocenters. The van der Waals surface area contributed by atoms with Crippen molar-refractivity contribution in [3.63, 3.8) is 0 Å². The Kier molecular flexibility index (Phi) is 5.18. The molecule has 3 aromatic rings. The second kappa shape index (κ2) is 8.08. The highest BCUT2D eigenvalue weighted by Crippen LogP contribution is 2.39. The zero-order valence-corrected chi connectivity index (χ0v) is 17.2. The van der Waals surface area contributed by atoms with E-state index in [0.717, 1.165) is 25.4 Å². The van der Waals surface area contributed by atoms with Crippen LogP contribution in [0.2, 0.25) is 0 Å². The first-order chi connectivity index (χ1) is 13.9. The number of rotatable bonds is 6. The lowest BCUT2D eigenvalue weighted by atomic mass is 9.85. The van der Waals surface area contributed by atoms with Crippen molar-refractivity contribution >= 4 is 27.0 Å². The van der Waals surface area contributed by atoms with Crippen LogP contribution >= 0.6 is 11.3 Å². The van der Waals surface area contributed by atoms with Crippen molar-refractivity contribution in [1.29, 1.82) is 0 Å². The Morgan fingerprint density at radius 3 is 2.86 bits per heavy atom. The lowest BCUT2D eigenvalue weighted by molar-refractivity contribution is 0.331. The van der Waals surface area contributed by atoms with Gasteiger partial charge in [0.05, 0.1) is 0 Å². The average molecular weight is 389 g/mol. The molecule has 144 valence electrons. The summed E-state index contributed by atoms with van der Waals surface area (Å²) < 4.78 is 1.44. The first-order valence-corrected chi connectivity index (χ1v) is 11.6. The highest BCUT2D eigenvalue weighted by Gasteiger charge is 2.28. The van der Waals surface area contributed by atoms with Crippen LogP contribution in [0.25, 0.3) is 15.7 Å². The van der Waals surface area contributed by atoms with Gasteiger partial charge in [-0.1, -0.05) is 37.1 Å². The third-order valence-electron chi connectivity index (χ3n) is 6.60. The standard InChI is InChI=1S/C25H28N2S/c1-2-7-19(6-1)22(24-10-3-4-14-26-24)12-16-27-15-11-21(18-27)23-9-5-8-20-13-17-28-25(20)23/h3-5,8-10,13-14,17-19,22H,1-2,6-7,11-12,15-16H2. The smallest absolute Gasteiger partial charge is 0.0437 e. The highest BCUT2D eigenvalue weighted by molar-refractivity contribution is 7.17. The van der Waals surface area contributed by atoms with Gasteiger partial charge < -0.3 is 4.90 Å². The van der Waals surface area contributed by atoms with E-state index in [0.29, 0.717) is 5.92 Å². The molecule has 2 aromatic heterocycles. The van der Waals surface area contributed by atoms with Crippen LogP contribution < -0.4 is 0 Å². The average Bonchev–Trinajstić information content (AvgIpc) is 3.50. The van der Waals surface area contributed by atoms with E-state index >= 15 is 0 Å². The lowest BCUT2D eigenvalue weighted by Gasteiger charge is -2.25. The third kappa shape index (κ3) is 3.60. The Morgan fingerprint density at radius 1 is 1.07 bits per heavy atom. The number of hydrogen-bond donors (Lipinski definition) is 0. The number of nitrogens with zero attached hydrogens (tertiary/aromatic N) is 2. The van der Waals surface area contributed by atoms with Crippen LogP contribution in [0.4, 0.5) is 0 Å². The van der Waals surface area contributed by atoms with Crippen molar-refractivity contribution in [1.82, 2.24) is 9.88 Å². The molecular formula is C25H28N2S. The van der Waals surface area contributed by atoms with Crippen molar-refractivity contribution < 1.29 is 0 Å². The SMILES string of the molecule is C1=C(c2cccc3ccsc23)CCN1CCC(c1ccccn1)C1CCCC1. The maximum atomic E-state index is 4.73. The van der Waals surface area contributed by atoms with Crippen LogP contribution in [-0.4, -0.2) is 23.0 Å². The summed E-state index contributed by atoms with van der Waals surface area (Å²) in [6, 6.07) is 15.4. The van der Waals surface area contributed by atoms with Gasteiger partial charge in [0.25, 0.3) is 0 Å². The largest absolute Gasteiger partial charge is 0.377 e. The second-order valence-corrected chi connectivity index (χ2v) is 9.20. The summed E-state index contributed by atoms with van der Waals surface area (Å²) in [5, 5.41) is 3.58. The zero-order valence-electron chi connectivity index (χ0n) is 16.4. The summed E-state index contributed by atoms with van der Waals surface area (Å²) in [6.45, 7) is 2.29. The molecule has 0 N–H and O–H groups in total. The van der Waals surface area contributed by atoms with Gasteiger partial charge in [-0.05, 0) is 71.7 Å². The van der Waals surface area contributed by atoms with Gasteiger partial charge >= 0.3 is 0 Å². The van der Waals surface area contributed by atoms with Crippen LogP contribution in [0.5, 0.6) is 0 Å². The second-order valence-electron chi connectivity index (χ2n) is 8.28. The minimum absolute atomic E-state index is 0.613. The number of benzene rings is 1. The maximum Gasteiger partial charge on any atom is 0.0437 e. The Balaban J connectivity index is 1.31. The Bertz CT molecular complexity index is 953. The number of aromatic nitrogens is 1. The predicted octanol–water partition coefficient (Wildman–Crippen LogP) is 6.71. The topological polar surface area (TPSA) is 16.1 Å². The molecule has 3 heteroatoms. The van der Waals surface area contributed by atoms with Crippen molar-refractivity contribution in [3.8, 4) is 0 Å². The van der Waals surface area contributed by atoms with E-state index in [1.165, 1.54) is 59.0 Å². The van der Waals surface area contributed by atoms with E-state index in [1.54, 1.807) is 0 Å². The number of fused-ring (bicyclic) bond motifs is 1. The first kappa shape index (κ1) is 17.9. The van der Waals surface area contributed by atoms with E-state index in [-0.39, 0.29) is 0 Å². The summed E-state index contributed by atoms with van der Waals surface area (Å²) in [7, 11) is 0. The van der Waals surface area contributed by atoms with Crippen LogP contribution in [0.15, 0.2) is 60.2 Å². The summed E-state index contributed by atoms with van der Waals surface area (Å²) in [4.78, 5) is 7.28. The fraction of sp³-hybridized carbons (Fsp3) is 0.400. The molecule has 2 aliphatic rings. The van der Waals surface area contributed by atoms with Gasteiger partial charge in [0.1, 0.15) is 0 Å². The molecule has 0 spiro atoms. The van der Waals surface area contributed by atoms with Crippen LogP contribution in [0.1, 0.15) is 55.7 Å². The molecular weight excluding hydrogens is 360 g/mol. The van der Waals surface area contributed by atoms with E-state index < -0.39 is 0 Å². The van der Waals surface area contributed by atoms with Gasteiger partial charge in [0.15, 0.2) is 0 Å². The van der Waals surface area contributed by atoms with Gasteiger partial charge in [-0.3, -0.25) is 4.98 Å². The summed E-state index contributed by atoms with van der Waals surface area (Å²) >= 11 is 1.87. The van der Waals surface area contributed by atoms with Crippen LogP contribution in [0, 0.1) is 5.92 Å².